The first-order valence-electron chi connectivity index (χ1n) is 10.7. The number of ether oxygens (including phenoxy) is 1. The van der Waals surface area contributed by atoms with Crippen LogP contribution in [0.15, 0.2) is 51.8 Å². The summed E-state index contributed by atoms with van der Waals surface area (Å²) in [4.78, 5) is 15.2. The molecule has 1 aliphatic heterocycles. The van der Waals surface area contributed by atoms with Crippen LogP contribution in [0.4, 0.5) is 5.69 Å². The molecule has 1 aliphatic rings. The third-order valence-corrected chi connectivity index (χ3v) is 7.76. The van der Waals surface area contributed by atoms with Crippen LogP contribution in [-0.4, -0.2) is 63.4 Å². The lowest BCUT2D eigenvalue weighted by Gasteiger charge is -2.31. The van der Waals surface area contributed by atoms with Crippen molar-refractivity contribution < 1.29 is 17.9 Å². The number of hydrogen-bond donors (Lipinski definition) is 1. The van der Waals surface area contributed by atoms with Gasteiger partial charge in [-0.05, 0) is 61.9 Å². The number of anilines is 1. The molecular formula is C23H30BrN3O4S. The normalized spacial score (nSPS) is 15.7. The second-order valence-corrected chi connectivity index (χ2v) is 11.2. The third kappa shape index (κ3) is 6.31. The molecule has 3 rings (SSSR count). The van der Waals surface area contributed by atoms with E-state index in [0.717, 1.165) is 10.9 Å². The predicted molar refractivity (Wildman–Crippen MR) is 130 cm³/mol. The fourth-order valence-corrected chi connectivity index (χ4v) is 5.08. The molecule has 0 saturated carbocycles. The molecule has 2 aromatic carbocycles. The SMILES string of the molecule is CC(C)CCOc1ccc(Br)cc1C(=O)Nc1ccc(S(=O)(=O)N2CCN(C)CC2)cc1. The molecule has 0 radical (unpaired) electrons. The summed E-state index contributed by atoms with van der Waals surface area (Å²) in [5, 5.41) is 2.83. The van der Waals surface area contributed by atoms with Crippen molar-refractivity contribution >= 4 is 37.5 Å². The molecular weight excluding hydrogens is 494 g/mol. The number of likely N-dealkylation sites (N-methyl/N-ethyl adjacent to an activating group) is 1. The average molecular weight is 524 g/mol. The van der Waals surface area contributed by atoms with E-state index in [2.05, 4.69) is 40.0 Å². The number of sulfonamides is 1. The van der Waals surface area contributed by atoms with Crippen LogP contribution < -0.4 is 10.1 Å². The molecule has 0 bridgehead atoms. The molecule has 2 aromatic rings. The Kier molecular flexibility index (Phi) is 8.32. The number of piperazine rings is 1. The molecule has 174 valence electrons. The summed E-state index contributed by atoms with van der Waals surface area (Å²) in [6.07, 6.45) is 0.889. The topological polar surface area (TPSA) is 78.9 Å². The van der Waals surface area contributed by atoms with Crippen LogP contribution in [0.25, 0.3) is 0 Å². The molecule has 1 heterocycles. The maximum Gasteiger partial charge on any atom is 0.259 e. The van der Waals surface area contributed by atoms with Crippen LogP contribution in [0.3, 0.4) is 0 Å². The maximum atomic E-state index is 12.9. The van der Waals surface area contributed by atoms with Crippen molar-refractivity contribution in [2.75, 3.05) is 45.2 Å². The van der Waals surface area contributed by atoms with Gasteiger partial charge in [-0.15, -0.1) is 0 Å². The van der Waals surface area contributed by atoms with E-state index < -0.39 is 10.0 Å². The smallest absolute Gasteiger partial charge is 0.259 e. The number of rotatable bonds is 8. The van der Waals surface area contributed by atoms with E-state index in [1.54, 1.807) is 24.3 Å². The standard InChI is InChI=1S/C23H30BrN3O4S/c1-17(2)10-15-31-22-9-4-18(24)16-21(22)23(28)25-19-5-7-20(8-6-19)32(29,30)27-13-11-26(3)12-14-27/h4-9,16-17H,10-15H2,1-3H3,(H,25,28). The van der Waals surface area contributed by atoms with Crippen LogP contribution in [0.2, 0.25) is 0 Å². The molecule has 1 N–H and O–H groups in total. The third-order valence-electron chi connectivity index (χ3n) is 5.35. The Morgan fingerprint density at radius 1 is 1.09 bits per heavy atom. The van der Waals surface area contributed by atoms with Crippen LogP contribution in [0, 0.1) is 5.92 Å². The zero-order chi connectivity index (χ0) is 23.3. The Labute approximate surface area is 198 Å². The number of nitrogens with one attached hydrogen (secondary N) is 1. The number of benzene rings is 2. The van der Waals surface area contributed by atoms with Gasteiger partial charge in [0.2, 0.25) is 10.0 Å². The summed E-state index contributed by atoms with van der Waals surface area (Å²) in [7, 11) is -1.57. The molecule has 1 saturated heterocycles. The van der Waals surface area contributed by atoms with Crippen molar-refractivity contribution in [2.24, 2.45) is 5.92 Å². The van der Waals surface area contributed by atoms with E-state index in [1.807, 2.05) is 13.1 Å². The molecule has 32 heavy (non-hydrogen) atoms. The monoisotopic (exact) mass is 523 g/mol. The predicted octanol–water partition coefficient (Wildman–Crippen LogP) is 4.06. The van der Waals surface area contributed by atoms with Gasteiger partial charge in [0.05, 0.1) is 17.1 Å². The Morgan fingerprint density at radius 2 is 1.75 bits per heavy atom. The minimum Gasteiger partial charge on any atom is -0.493 e. The van der Waals surface area contributed by atoms with Crippen LogP contribution in [0.1, 0.15) is 30.6 Å². The van der Waals surface area contributed by atoms with Crippen molar-refractivity contribution in [3.63, 3.8) is 0 Å². The van der Waals surface area contributed by atoms with Gasteiger partial charge in [0.15, 0.2) is 0 Å². The highest BCUT2D eigenvalue weighted by atomic mass is 79.9. The zero-order valence-corrected chi connectivity index (χ0v) is 21.1. The number of carbonyl (C=O) groups excluding carboxylic acids is 1. The van der Waals surface area contributed by atoms with Gasteiger partial charge < -0.3 is 15.0 Å². The quantitative estimate of drug-likeness (QED) is 0.564. The number of amides is 1. The van der Waals surface area contributed by atoms with Crippen LogP contribution in [-0.2, 0) is 10.0 Å². The average Bonchev–Trinajstić information content (AvgIpc) is 2.75. The summed E-state index contributed by atoms with van der Waals surface area (Å²) in [6, 6.07) is 11.6. The van der Waals surface area contributed by atoms with Gasteiger partial charge in [-0.25, -0.2) is 8.42 Å². The Bertz CT molecular complexity index is 1030. The largest absolute Gasteiger partial charge is 0.493 e. The second-order valence-electron chi connectivity index (χ2n) is 8.36. The van der Waals surface area contributed by atoms with Gasteiger partial charge in [0, 0.05) is 36.3 Å². The summed E-state index contributed by atoms with van der Waals surface area (Å²) < 4.78 is 33.9. The minimum atomic E-state index is -3.54. The van der Waals surface area contributed by atoms with Crippen molar-refractivity contribution in [3.8, 4) is 5.75 Å². The van der Waals surface area contributed by atoms with Crippen LogP contribution >= 0.6 is 15.9 Å². The van der Waals surface area contributed by atoms with Gasteiger partial charge >= 0.3 is 0 Å². The maximum absolute atomic E-state index is 12.9. The molecule has 1 amide bonds. The molecule has 0 spiro atoms. The second kappa shape index (κ2) is 10.8. The summed E-state index contributed by atoms with van der Waals surface area (Å²) in [6.45, 7) is 7.12. The fraction of sp³-hybridized carbons (Fsp3) is 0.435. The summed E-state index contributed by atoms with van der Waals surface area (Å²) in [5.74, 6) is 0.699. The summed E-state index contributed by atoms with van der Waals surface area (Å²) >= 11 is 3.40. The zero-order valence-electron chi connectivity index (χ0n) is 18.7. The van der Waals surface area contributed by atoms with Gasteiger partial charge in [0.1, 0.15) is 5.75 Å². The van der Waals surface area contributed by atoms with Crippen molar-refractivity contribution in [1.29, 1.82) is 0 Å². The fourth-order valence-electron chi connectivity index (χ4n) is 3.30. The van der Waals surface area contributed by atoms with Gasteiger partial charge in [-0.3, -0.25) is 4.79 Å². The van der Waals surface area contributed by atoms with E-state index >= 15 is 0 Å². The Balaban J connectivity index is 1.70. The molecule has 0 atom stereocenters. The van der Waals surface area contributed by atoms with E-state index in [4.69, 9.17) is 4.74 Å². The minimum absolute atomic E-state index is 0.222. The van der Waals surface area contributed by atoms with Gasteiger partial charge in [-0.2, -0.15) is 4.31 Å². The lowest BCUT2D eigenvalue weighted by atomic mass is 10.1. The van der Waals surface area contributed by atoms with Gasteiger partial charge in [0.25, 0.3) is 5.91 Å². The van der Waals surface area contributed by atoms with E-state index in [1.165, 1.54) is 16.4 Å². The van der Waals surface area contributed by atoms with Crippen molar-refractivity contribution in [2.45, 2.75) is 25.2 Å². The molecule has 0 unspecified atom stereocenters. The lowest BCUT2D eigenvalue weighted by Crippen LogP contribution is -2.46. The molecule has 1 fully saturated rings. The van der Waals surface area contributed by atoms with E-state index in [9.17, 15) is 13.2 Å². The summed E-state index contributed by atoms with van der Waals surface area (Å²) in [5.41, 5.74) is 0.928. The van der Waals surface area contributed by atoms with Crippen molar-refractivity contribution in [1.82, 2.24) is 9.21 Å². The first-order chi connectivity index (χ1) is 15.2. The highest BCUT2D eigenvalue weighted by molar-refractivity contribution is 9.10. The van der Waals surface area contributed by atoms with Crippen molar-refractivity contribution in [3.05, 3.63) is 52.5 Å². The molecule has 0 aliphatic carbocycles. The van der Waals surface area contributed by atoms with E-state index in [0.29, 0.717) is 55.7 Å². The number of hydrogen-bond acceptors (Lipinski definition) is 5. The number of nitrogens with zero attached hydrogens (tertiary/aromatic N) is 2. The first kappa shape index (κ1) is 24.7. The van der Waals surface area contributed by atoms with Gasteiger partial charge in [-0.1, -0.05) is 29.8 Å². The Morgan fingerprint density at radius 3 is 2.38 bits per heavy atom. The lowest BCUT2D eigenvalue weighted by molar-refractivity contribution is 0.102. The highest BCUT2D eigenvalue weighted by Crippen LogP contribution is 2.26. The Hall–Kier alpha value is -1.94. The number of carbonyl (C=O) groups is 1. The van der Waals surface area contributed by atoms with Crippen LogP contribution in [0.5, 0.6) is 5.75 Å². The first-order valence-corrected chi connectivity index (χ1v) is 12.9. The molecule has 9 heteroatoms. The van der Waals surface area contributed by atoms with E-state index in [-0.39, 0.29) is 10.8 Å². The number of halogens is 1. The molecule has 7 nitrogen and oxygen atoms in total. The molecule has 0 aromatic heterocycles. The highest BCUT2D eigenvalue weighted by Gasteiger charge is 2.27.